The first-order valence-electron chi connectivity index (χ1n) is 3.84. The Kier molecular flexibility index (Phi) is 3.22. The summed E-state index contributed by atoms with van der Waals surface area (Å²) in [5, 5.41) is 17.6. The maximum absolute atomic E-state index is 8.81. The van der Waals surface area contributed by atoms with E-state index in [1.807, 2.05) is 18.2 Å². The summed E-state index contributed by atoms with van der Waals surface area (Å²) in [6.07, 6.45) is 0. The van der Waals surface area contributed by atoms with Crippen molar-refractivity contribution in [3.8, 4) is 0 Å². The minimum absolute atomic E-state index is 0.00594. The van der Waals surface area contributed by atoms with Crippen LogP contribution in [-0.4, -0.2) is 16.8 Å². The Morgan fingerprint density at radius 1 is 1.33 bits per heavy atom. The van der Waals surface area contributed by atoms with Gasteiger partial charge in [0, 0.05) is 0 Å². The molecule has 0 radical (unpaired) electrons. The molecule has 0 amide bonds. The summed E-state index contributed by atoms with van der Waals surface area (Å²) in [4.78, 5) is 0. The van der Waals surface area contributed by atoms with Crippen LogP contribution in [0.2, 0.25) is 0 Å². The zero-order chi connectivity index (χ0) is 8.97. The van der Waals surface area contributed by atoms with Crippen LogP contribution in [0.5, 0.6) is 0 Å². The highest BCUT2D eigenvalue weighted by atomic mass is 16.3. The molecule has 0 heterocycles. The van der Waals surface area contributed by atoms with E-state index < -0.39 is 0 Å². The van der Waals surface area contributed by atoms with Crippen molar-refractivity contribution in [3.05, 3.63) is 35.4 Å². The van der Waals surface area contributed by atoms with E-state index in [1.165, 1.54) is 0 Å². The molecule has 0 aromatic heterocycles. The first-order chi connectivity index (χ1) is 5.77. The molecule has 0 saturated carbocycles. The average Bonchev–Trinajstić information content (AvgIpc) is 2.17. The van der Waals surface area contributed by atoms with Gasteiger partial charge in [0.2, 0.25) is 0 Å². The summed E-state index contributed by atoms with van der Waals surface area (Å²) in [5.41, 5.74) is 7.25. The molecule has 1 aromatic rings. The Morgan fingerprint density at radius 2 is 2.08 bits per heavy atom. The first-order valence-corrected chi connectivity index (χ1v) is 3.84. The van der Waals surface area contributed by atoms with Crippen molar-refractivity contribution >= 4 is 0 Å². The Hall–Kier alpha value is -0.900. The van der Waals surface area contributed by atoms with Crippen molar-refractivity contribution < 1.29 is 10.2 Å². The molecule has 1 rings (SSSR count). The van der Waals surface area contributed by atoms with Crippen molar-refractivity contribution in [2.75, 3.05) is 6.61 Å². The summed E-state index contributed by atoms with van der Waals surface area (Å²) in [6.45, 7) is -0.0686. The molecule has 4 N–H and O–H groups in total. The second kappa shape index (κ2) is 4.21. The van der Waals surface area contributed by atoms with E-state index in [1.54, 1.807) is 6.07 Å². The van der Waals surface area contributed by atoms with Crippen molar-refractivity contribution in [1.82, 2.24) is 0 Å². The van der Waals surface area contributed by atoms with Gasteiger partial charge < -0.3 is 15.9 Å². The van der Waals surface area contributed by atoms with Gasteiger partial charge in [-0.3, -0.25) is 0 Å². The van der Waals surface area contributed by atoms with Gasteiger partial charge in [0.25, 0.3) is 0 Å². The van der Waals surface area contributed by atoms with E-state index in [-0.39, 0.29) is 19.3 Å². The van der Waals surface area contributed by atoms with Crippen molar-refractivity contribution in [1.29, 1.82) is 0 Å². The lowest BCUT2D eigenvalue weighted by molar-refractivity contribution is 0.266. The second-order valence-corrected chi connectivity index (χ2v) is 2.69. The van der Waals surface area contributed by atoms with Crippen LogP contribution < -0.4 is 5.73 Å². The van der Waals surface area contributed by atoms with Crippen LogP contribution in [0.25, 0.3) is 0 Å². The minimum Gasteiger partial charge on any atom is -0.394 e. The third kappa shape index (κ3) is 2.04. The highest BCUT2D eigenvalue weighted by molar-refractivity contribution is 5.25. The van der Waals surface area contributed by atoms with Crippen LogP contribution in [-0.2, 0) is 6.61 Å². The van der Waals surface area contributed by atoms with Crippen LogP contribution in [0.1, 0.15) is 17.2 Å². The van der Waals surface area contributed by atoms with Crippen molar-refractivity contribution in [2.45, 2.75) is 12.6 Å². The second-order valence-electron chi connectivity index (χ2n) is 2.69. The standard InChI is InChI=1S/C9H13NO2/c10-9(6-12)8-3-1-2-7(4-8)5-11/h1-4,9,11-12H,5-6,10H2/t9-/m0/s1. The fraction of sp³-hybridized carbons (Fsp3) is 0.333. The molecule has 0 saturated heterocycles. The lowest BCUT2D eigenvalue weighted by Gasteiger charge is -2.08. The predicted molar refractivity (Wildman–Crippen MR) is 46.4 cm³/mol. The van der Waals surface area contributed by atoms with Crippen molar-refractivity contribution in [2.24, 2.45) is 5.73 Å². The van der Waals surface area contributed by atoms with E-state index in [9.17, 15) is 0 Å². The van der Waals surface area contributed by atoms with E-state index in [0.29, 0.717) is 0 Å². The SMILES string of the molecule is N[C@@H](CO)c1cccc(CO)c1. The molecule has 0 aliphatic carbocycles. The minimum atomic E-state index is -0.350. The number of aliphatic hydroxyl groups excluding tert-OH is 2. The zero-order valence-electron chi connectivity index (χ0n) is 6.77. The number of aliphatic hydroxyl groups is 2. The maximum atomic E-state index is 8.81. The molecule has 0 aliphatic rings. The molecular formula is C9H13NO2. The van der Waals surface area contributed by atoms with Gasteiger partial charge in [-0.2, -0.15) is 0 Å². The molecule has 0 bridgehead atoms. The molecule has 66 valence electrons. The molecule has 0 spiro atoms. The molecular weight excluding hydrogens is 154 g/mol. The van der Waals surface area contributed by atoms with Crippen LogP contribution in [0.3, 0.4) is 0 Å². The van der Waals surface area contributed by atoms with Crippen LogP contribution in [0, 0.1) is 0 Å². The number of nitrogens with two attached hydrogens (primary N) is 1. The highest BCUT2D eigenvalue weighted by Gasteiger charge is 2.03. The van der Waals surface area contributed by atoms with Gasteiger partial charge in [0.1, 0.15) is 0 Å². The summed E-state index contributed by atoms with van der Waals surface area (Å²) in [7, 11) is 0. The van der Waals surface area contributed by atoms with E-state index in [2.05, 4.69) is 0 Å². The number of hydrogen-bond donors (Lipinski definition) is 3. The Bertz CT molecular complexity index is 250. The van der Waals surface area contributed by atoms with Crippen LogP contribution in [0.4, 0.5) is 0 Å². The van der Waals surface area contributed by atoms with Gasteiger partial charge in [-0.1, -0.05) is 24.3 Å². The molecule has 1 aromatic carbocycles. The van der Waals surface area contributed by atoms with Gasteiger partial charge in [-0.05, 0) is 11.1 Å². The van der Waals surface area contributed by atoms with Gasteiger partial charge in [-0.25, -0.2) is 0 Å². The molecule has 0 unspecified atom stereocenters. The monoisotopic (exact) mass is 167 g/mol. The lowest BCUT2D eigenvalue weighted by Crippen LogP contribution is -2.14. The van der Waals surface area contributed by atoms with Crippen LogP contribution in [0.15, 0.2) is 24.3 Å². The van der Waals surface area contributed by atoms with Crippen LogP contribution >= 0.6 is 0 Å². The van der Waals surface area contributed by atoms with Gasteiger partial charge >= 0.3 is 0 Å². The van der Waals surface area contributed by atoms with E-state index in [0.717, 1.165) is 11.1 Å². The van der Waals surface area contributed by atoms with Gasteiger partial charge in [-0.15, -0.1) is 0 Å². The Balaban J connectivity index is 2.86. The fourth-order valence-electron chi connectivity index (χ4n) is 1.03. The summed E-state index contributed by atoms with van der Waals surface area (Å²) in [5.74, 6) is 0. The van der Waals surface area contributed by atoms with Crippen molar-refractivity contribution in [3.63, 3.8) is 0 Å². The van der Waals surface area contributed by atoms with Gasteiger partial charge in [0.05, 0.1) is 19.3 Å². The largest absolute Gasteiger partial charge is 0.394 e. The Morgan fingerprint density at radius 3 is 2.67 bits per heavy atom. The lowest BCUT2D eigenvalue weighted by atomic mass is 10.1. The smallest absolute Gasteiger partial charge is 0.0681 e. The Labute approximate surface area is 71.5 Å². The fourth-order valence-corrected chi connectivity index (χ4v) is 1.03. The first kappa shape index (κ1) is 9.19. The number of hydrogen-bond acceptors (Lipinski definition) is 3. The number of benzene rings is 1. The van der Waals surface area contributed by atoms with Gasteiger partial charge in [0.15, 0.2) is 0 Å². The predicted octanol–water partition coefficient (Wildman–Crippen LogP) is 0.171. The van der Waals surface area contributed by atoms with E-state index >= 15 is 0 Å². The summed E-state index contributed by atoms with van der Waals surface area (Å²) < 4.78 is 0. The average molecular weight is 167 g/mol. The number of rotatable bonds is 3. The normalized spacial score (nSPS) is 12.9. The molecule has 1 atom stereocenters. The summed E-state index contributed by atoms with van der Waals surface area (Å²) >= 11 is 0. The topological polar surface area (TPSA) is 66.5 Å². The molecule has 12 heavy (non-hydrogen) atoms. The maximum Gasteiger partial charge on any atom is 0.0681 e. The summed E-state index contributed by atoms with van der Waals surface area (Å²) in [6, 6.07) is 6.90. The quantitative estimate of drug-likeness (QED) is 0.601. The third-order valence-corrected chi connectivity index (χ3v) is 1.76. The third-order valence-electron chi connectivity index (χ3n) is 1.76. The molecule has 0 fully saturated rings. The molecule has 0 aliphatic heterocycles. The highest BCUT2D eigenvalue weighted by Crippen LogP contribution is 2.11. The zero-order valence-corrected chi connectivity index (χ0v) is 6.77. The molecule has 3 heteroatoms. The van der Waals surface area contributed by atoms with E-state index in [4.69, 9.17) is 15.9 Å². The molecule has 3 nitrogen and oxygen atoms in total.